The Morgan fingerprint density at radius 2 is 1.72 bits per heavy atom. The van der Waals surface area contributed by atoms with E-state index in [0.29, 0.717) is 24.5 Å². The lowest BCUT2D eigenvalue weighted by Gasteiger charge is -2.09. The highest BCUT2D eigenvalue weighted by Gasteiger charge is 2.09. The number of carbonyl (C=O) groups excluding carboxylic acids is 2. The van der Waals surface area contributed by atoms with Crippen molar-refractivity contribution in [2.75, 3.05) is 20.3 Å². The third kappa shape index (κ3) is 6.30. The van der Waals surface area contributed by atoms with Gasteiger partial charge in [-0.25, -0.2) is 0 Å². The molecule has 1 N–H and O–H groups in total. The molecule has 25 heavy (non-hydrogen) atoms. The summed E-state index contributed by atoms with van der Waals surface area (Å²) in [4.78, 5) is 23.8. The van der Waals surface area contributed by atoms with E-state index in [-0.39, 0.29) is 24.5 Å². The molecule has 0 saturated carbocycles. The third-order valence-electron chi connectivity index (χ3n) is 3.69. The molecule has 0 unspecified atom stereocenters. The van der Waals surface area contributed by atoms with Crippen molar-refractivity contribution in [2.45, 2.75) is 19.8 Å². The summed E-state index contributed by atoms with van der Waals surface area (Å²) in [6, 6.07) is 14.6. The van der Waals surface area contributed by atoms with Crippen LogP contribution in [0.25, 0.3) is 0 Å². The first kappa shape index (κ1) is 18.5. The van der Waals surface area contributed by atoms with Gasteiger partial charge in [-0.1, -0.05) is 35.9 Å². The quantitative estimate of drug-likeness (QED) is 0.562. The summed E-state index contributed by atoms with van der Waals surface area (Å²) in [6.45, 7) is 2.70. The minimum Gasteiger partial charge on any atom is -0.497 e. The van der Waals surface area contributed by atoms with E-state index >= 15 is 0 Å². The van der Waals surface area contributed by atoms with Crippen molar-refractivity contribution in [3.05, 3.63) is 59.7 Å². The largest absolute Gasteiger partial charge is 0.497 e. The molecule has 132 valence electrons. The van der Waals surface area contributed by atoms with Crippen molar-refractivity contribution in [2.24, 2.45) is 0 Å². The maximum absolute atomic E-state index is 12.0. The Hall–Kier alpha value is -2.82. The molecule has 2 rings (SSSR count). The summed E-state index contributed by atoms with van der Waals surface area (Å²) in [5.41, 5.74) is 1.74. The molecular weight excluding hydrogens is 318 g/mol. The van der Waals surface area contributed by atoms with E-state index in [2.05, 4.69) is 5.32 Å². The van der Waals surface area contributed by atoms with Gasteiger partial charge in [0.25, 0.3) is 0 Å². The fourth-order valence-electron chi connectivity index (χ4n) is 2.25. The summed E-state index contributed by atoms with van der Waals surface area (Å²) in [5.74, 6) is 1.22. The number of rotatable bonds is 9. The van der Waals surface area contributed by atoms with Crippen molar-refractivity contribution >= 4 is 11.7 Å². The molecule has 0 bridgehead atoms. The second-order valence-corrected chi connectivity index (χ2v) is 5.67. The highest BCUT2D eigenvalue weighted by Crippen LogP contribution is 2.18. The Labute approximate surface area is 148 Å². The standard InChI is InChI=1S/C20H23NO4/c1-15-6-8-16(9-7-15)19(22)10-11-20(23)21-12-13-25-18-5-3-4-17(14-18)24-2/h3-9,14H,10-13H2,1-2H3,(H,21,23). The first-order chi connectivity index (χ1) is 12.1. The Morgan fingerprint density at radius 3 is 2.44 bits per heavy atom. The number of carbonyl (C=O) groups is 2. The minimum absolute atomic E-state index is 0.0252. The van der Waals surface area contributed by atoms with Gasteiger partial charge in [0.2, 0.25) is 5.91 Å². The Balaban J connectivity index is 1.65. The van der Waals surface area contributed by atoms with Crippen molar-refractivity contribution in [3.8, 4) is 11.5 Å². The Bertz CT molecular complexity index is 710. The lowest BCUT2D eigenvalue weighted by molar-refractivity contribution is -0.121. The summed E-state index contributed by atoms with van der Waals surface area (Å²) in [5, 5.41) is 2.75. The zero-order valence-electron chi connectivity index (χ0n) is 14.6. The number of amides is 1. The smallest absolute Gasteiger partial charge is 0.220 e. The predicted molar refractivity (Wildman–Crippen MR) is 96.2 cm³/mol. The van der Waals surface area contributed by atoms with Crippen molar-refractivity contribution in [1.82, 2.24) is 5.32 Å². The van der Waals surface area contributed by atoms with E-state index in [1.807, 2.05) is 37.3 Å². The van der Waals surface area contributed by atoms with Crippen molar-refractivity contribution in [3.63, 3.8) is 0 Å². The fourth-order valence-corrected chi connectivity index (χ4v) is 2.25. The van der Waals surface area contributed by atoms with Gasteiger partial charge in [0.05, 0.1) is 13.7 Å². The average Bonchev–Trinajstić information content (AvgIpc) is 2.64. The van der Waals surface area contributed by atoms with E-state index in [1.165, 1.54) is 0 Å². The van der Waals surface area contributed by atoms with E-state index in [1.54, 1.807) is 25.3 Å². The van der Waals surface area contributed by atoms with Gasteiger partial charge in [0, 0.05) is 24.5 Å². The van der Waals surface area contributed by atoms with E-state index in [4.69, 9.17) is 9.47 Å². The molecule has 0 aliphatic heterocycles. The van der Waals surface area contributed by atoms with Crippen LogP contribution in [0.4, 0.5) is 0 Å². The van der Waals surface area contributed by atoms with Gasteiger partial charge in [0.1, 0.15) is 18.1 Å². The monoisotopic (exact) mass is 341 g/mol. The van der Waals surface area contributed by atoms with Crippen LogP contribution in [0.2, 0.25) is 0 Å². The van der Waals surface area contributed by atoms with E-state index in [0.717, 1.165) is 11.3 Å². The Kier molecular flexibility index (Phi) is 7.01. The number of hydrogen-bond acceptors (Lipinski definition) is 4. The highest BCUT2D eigenvalue weighted by molar-refractivity contribution is 5.97. The molecule has 1 amide bonds. The summed E-state index contributed by atoms with van der Waals surface area (Å²) in [6.07, 6.45) is 0.373. The summed E-state index contributed by atoms with van der Waals surface area (Å²) < 4.78 is 10.7. The topological polar surface area (TPSA) is 64.6 Å². The summed E-state index contributed by atoms with van der Waals surface area (Å²) >= 11 is 0. The van der Waals surface area contributed by atoms with Crippen LogP contribution < -0.4 is 14.8 Å². The van der Waals surface area contributed by atoms with Crippen LogP contribution >= 0.6 is 0 Å². The molecule has 2 aromatic rings. The number of methoxy groups -OCH3 is 1. The van der Waals surface area contributed by atoms with Crippen LogP contribution in [0.15, 0.2) is 48.5 Å². The molecule has 5 heteroatoms. The zero-order chi connectivity index (χ0) is 18.1. The van der Waals surface area contributed by atoms with Gasteiger partial charge in [0.15, 0.2) is 5.78 Å². The van der Waals surface area contributed by atoms with Gasteiger partial charge < -0.3 is 14.8 Å². The number of nitrogens with one attached hydrogen (secondary N) is 1. The molecule has 0 saturated heterocycles. The molecule has 0 atom stereocenters. The lowest BCUT2D eigenvalue weighted by atomic mass is 10.1. The maximum Gasteiger partial charge on any atom is 0.220 e. The molecule has 0 radical (unpaired) electrons. The number of benzene rings is 2. The molecule has 0 aliphatic carbocycles. The van der Waals surface area contributed by atoms with Gasteiger partial charge >= 0.3 is 0 Å². The molecular formula is C20H23NO4. The van der Waals surface area contributed by atoms with Crippen LogP contribution in [0.3, 0.4) is 0 Å². The van der Waals surface area contributed by atoms with Gasteiger partial charge in [-0.3, -0.25) is 9.59 Å². The van der Waals surface area contributed by atoms with Gasteiger partial charge in [-0.05, 0) is 19.1 Å². The highest BCUT2D eigenvalue weighted by atomic mass is 16.5. The maximum atomic E-state index is 12.0. The molecule has 0 fully saturated rings. The molecule has 0 aromatic heterocycles. The average molecular weight is 341 g/mol. The van der Waals surface area contributed by atoms with Crippen LogP contribution in [-0.2, 0) is 4.79 Å². The number of aryl methyl sites for hydroxylation is 1. The van der Waals surface area contributed by atoms with Crippen LogP contribution in [0.1, 0.15) is 28.8 Å². The normalized spacial score (nSPS) is 10.2. The summed E-state index contributed by atoms with van der Waals surface area (Å²) in [7, 11) is 1.59. The predicted octanol–water partition coefficient (Wildman–Crippen LogP) is 3.16. The first-order valence-electron chi connectivity index (χ1n) is 8.22. The second-order valence-electron chi connectivity index (χ2n) is 5.67. The fraction of sp³-hybridized carbons (Fsp3) is 0.300. The van der Waals surface area contributed by atoms with Crippen molar-refractivity contribution in [1.29, 1.82) is 0 Å². The number of hydrogen-bond donors (Lipinski definition) is 1. The van der Waals surface area contributed by atoms with Gasteiger partial charge in [-0.15, -0.1) is 0 Å². The first-order valence-corrected chi connectivity index (χ1v) is 8.22. The van der Waals surface area contributed by atoms with Crippen LogP contribution in [0, 0.1) is 6.92 Å². The Morgan fingerprint density at radius 1 is 1.00 bits per heavy atom. The van der Waals surface area contributed by atoms with Crippen LogP contribution in [-0.4, -0.2) is 32.0 Å². The van der Waals surface area contributed by atoms with Crippen molar-refractivity contribution < 1.29 is 19.1 Å². The number of Topliss-reactive ketones (excluding diaryl/α,β-unsaturated/α-hetero) is 1. The zero-order valence-corrected chi connectivity index (χ0v) is 14.6. The third-order valence-corrected chi connectivity index (χ3v) is 3.69. The second kappa shape index (κ2) is 9.47. The molecule has 2 aromatic carbocycles. The number of ketones is 1. The molecule has 0 heterocycles. The lowest BCUT2D eigenvalue weighted by Crippen LogP contribution is -2.28. The molecule has 0 aliphatic rings. The minimum atomic E-state index is -0.158. The van der Waals surface area contributed by atoms with Crippen LogP contribution in [0.5, 0.6) is 11.5 Å². The number of ether oxygens (including phenoxy) is 2. The SMILES string of the molecule is COc1cccc(OCCNC(=O)CCC(=O)c2ccc(C)cc2)c1. The van der Waals surface area contributed by atoms with E-state index < -0.39 is 0 Å². The molecule has 0 spiro atoms. The molecule has 5 nitrogen and oxygen atoms in total. The van der Waals surface area contributed by atoms with E-state index in [9.17, 15) is 9.59 Å². The van der Waals surface area contributed by atoms with Gasteiger partial charge in [-0.2, -0.15) is 0 Å².